The SMILES string of the molecule is C=C[C@H]1CN(C2=NC=NC(C(=N)C3=CC(OC(C)C)=CCC=C3N)C2)C[C@@H](C)O1. The van der Waals surface area contributed by atoms with Crippen LogP contribution in [0.1, 0.15) is 33.6 Å². The number of ether oxygens (including phenoxy) is 2. The molecule has 0 aromatic heterocycles. The fourth-order valence-corrected chi connectivity index (χ4v) is 3.64. The van der Waals surface area contributed by atoms with Crippen molar-refractivity contribution in [1.82, 2.24) is 4.90 Å². The van der Waals surface area contributed by atoms with E-state index in [0.717, 1.165) is 18.1 Å². The van der Waals surface area contributed by atoms with Gasteiger partial charge in [-0.2, -0.15) is 0 Å². The van der Waals surface area contributed by atoms with E-state index in [4.69, 9.17) is 20.6 Å². The summed E-state index contributed by atoms with van der Waals surface area (Å²) in [5.41, 5.74) is 7.88. The maximum atomic E-state index is 8.80. The summed E-state index contributed by atoms with van der Waals surface area (Å²) in [5.74, 6) is 1.66. The number of amidine groups is 1. The topological polar surface area (TPSA) is 96.3 Å². The van der Waals surface area contributed by atoms with E-state index >= 15 is 0 Å². The van der Waals surface area contributed by atoms with E-state index < -0.39 is 0 Å². The molecule has 2 aliphatic heterocycles. The van der Waals surface area contributed by atoms with E-state index in [1.807, 2.05) is 45.1 Å². The molecule has 1 unspecified atom stereocenters. The maximum Gasteiger partial charge on any atom is 0.116 e. The highest BCUT2D eigenvalue weighted by molar-refractivity contribution is 6.09. The Morgan fingerprint density at radius 3 is 2.93 bits per heavy atom. The lowest BCUT2D eigenvalue weighted by Gasteiger charge is -2.38. The number of aliphatic imine (C=N–C) groups is 2. The predicted molar refractivity (Wildman–Crippen MR) is 117 cm³/mol. The molecule has 0 spiro atoms. The zero-order valence-corrected chi connectivity index (χ0v) is 17.5. The van der Waals surface area contributed by atoms with Gasteiger partial charge in [-0.05, 0) is 39.3 Å². The molecule has 0 amide bonds. The Kier molecular flexibility index (Phi) is 6.69. The maximum absolute atomic E-state index is 8.80. The summed E-state index contributed by atoms with van der Waals surface area (Å²) in [5, 5.41) is 8.80. The van der Waals surface area contributed by atoms with E-state index in [0.29, 0.717) is 36.4 Å². The molecule has 0 radical (unpaired) electrons. The zero-order chi connectivity index (χ0) is 21.0. The van der Waals surface area contributed by atoms with Crippen LogP contribution in [0.15, 0.2) is 57.9 Å². The lowest BCUT2D eigenvalue weighted by atomic mass is 9.96. The van der Waals surface area contributed by atoms with E-state index in [1.54, 1.807) is 6.34 Å². The number of hydrogen-bond acceptors (Lipinski definition) is 7. The third kappa shape index (κ3) is 5.23. The van der Waals surface area contributed by atoms with Crippen molar-refractivity contribution in [2.24, 2.45) is 15.7 Å². The van der Waals surface area contributed by atoms with Crippen LogP contribution in [0.25, 0.3) is 0 Å². The molecule has 156 valence electrons. The summed E-state index contributed by atoms with van der Waals surface area (Å²) < 4.78 is 11.7. The molecule has 2 heterocycles. The molecular formula is C22H31N5O2. The molecule has 3 N–H and O–H groups in total. The first-order chi connectivity index (χ1) is 13.9. The molecule has 3 atom stereocenters. The van der Waals surface area contributed by atoms with Crippen LogP contribution in [-0.2, 0) is 9.47 Å². The summed E-state index contributed by atoms with van der Waals surface area (Å²) in [6.07, 6.45) is 10.5. The normalized spacial score (nSPS) is 27.4. The Morgan fingerprint density at radius 2 is 2.21 bits per heavy atom. The quantitative estimate of drug-likeness (QED) is 0.551. The van der Waals surface area contributed by atoms with Crippen LogP contribution in [0.2, 0.25) is 0 Å². The molecule has 1 aliphatic carbocycles. The van der Waals surface area contributed by atoms with Gasteiger partial charge in [-0.3, -0.25) is 4.99 Å². The number of nitrogens with one attached hydrogen (secondary N) is 1. The van der Waals surface area contributed by atoms with Gasteiger partial charge in [-0.15, -0.1) is 6.58 Å². The zero-order valence-electron chi connectivity index (χ0n) is 17.5. The van der Waals surface area contributed by atoms with Crippen LogP contribution in [-0.4, -0.2) is 60.2 Å². The standard InChI is InChI=1S/C22H31N5O2/c1-5-16-12-27(11-15(4)29-16)21-10-20(25-13-26-21)22(24)18-9-17(28-14(2)3)7-6-8-19(18)23/h5,7-9,13-16,20,24H,1,6,10-12,23H2,2-4H3/t15-,16+,20?/m1/s1. The molecule has 1 saturated heterocycles. The predicted octanol–water partition coefficient (Wildman–Crippen LogP) is 2.96. The largest absolute Gasteiger partial charge is 0.491 e. The third-order valence-corrected chi connectivity index (χ3v) is 4.99. The fourth-order valence-electron chi connectivity index (χ4n) is 3.64. The molecule has 0 aromatic carbocycles. The molecule has 0 bridgehead atoms. The van der Waals surface area contributed by atoms with Crippen LogP contribution in [0.5, 0.6) is 0 Å². The average molecular weight is 398 g/mol. The molecule has 0 saturated carbocycles. The molecule has 1 fully saturated rings. The van der Waals surface area contributed by atoms with Gasteiger partial charge in [0.25, 0.3) is 0 Å². The molecule has 7 heteroatoms. The first-order valence-corrected chi connectivity index (χ1v) is 10.1. The first kappa shape index (κ1) is 21.0. The van der Waals surface area contributed by atoms with E-state index in [1.165, 1.54) is 0 Å². The van der Waals surface area contributed by atoms with E-state index in [2.05, 4.69) is 21.5 Å². The Morgan fingerprint density at radius 1 is 1.41 bits per heavy atom. The fraction of sp³-hybridized carbons (Fsp3) is 0.500. The highest BCUT2D eigenvalue weighted by Gasteiger charge is 2.30. The summed E-state index contributed by atoms with van der Waals surface area (Å²) >= 11 is 0. The first-order valence-electron chi connectivity index (χ1n) is 10.1. The minimum absolute atomic E-state index is 0.0257. The molecular weight excluding hydrogens is 366 g/mol. The molecule has 3 rings (SSSR count). The Hall–Kier alpha value is -2.67. The van der Waals surface area contributed by atoms with Crippen molar-refractivity contribution in [3.05, 3.63) is 47.9 Å². The van der Waals surface area contributed by atoms with Crippen molar-refractivity contribution in [1.29, 1.82) is 5.41 Å². The molecule has 3 aliphatic rings. The van der Waals surface area contributed by atoms with Gasteiger partial charge in [0.15, 0.2) is 0 Å². The lowest BCUT2D eigenvalue weighted by molar-refractivity contribution is -0.0343. The van der Waals surface area contributed by atoms with Gasteiger partial charge in [-0.25, -0.2) is 4.99 Å². The molecule has 7 nitrogen and oxygen atoms in total. The minimum Gasteiger partial charge on any atom is -0.491 e. The molecule has 0 aromatic rings. The highest BCUT2D eigenvalue weighted by atomic mass is 16.5. The Bertz CT molecular complexity index is 806. The number of nitrogens with two attached hydrogens (primary N) is 1. The second-order valence-electron chi connectivity index (χ2n) is 7.80. The van der Waals surface area contributed by atoms with E-state index in [-0.39, 0.29) is 24.4 Å². The van der Waals surface area contributed by atoms with Crippen LogP contribution in [0.4, 0.5) is 0 Å². The second-order valence-corrected chi connectivity index (χ2v) is 7.80. The van der Waals surface area contributed by atoms with Crippen LogP contribution in [0, 0.1) is 5.41 Å². The van der Waals surface area contributed by atoms with Gasteiger partial charge in [0, 0.05) is 30.8 Å². The Balaban J connectivity index is 1.75. The van der Waals surface area contributed by atoms with Crippen molar-refractivity contribution < 1.29 is 9.47 Å². The Labute approximate surface area is 172 Å². The van der Waals surface area contributed by atoms with Crippen molar-refractivity contribution in [3.63, 3.8) is 0 Å². The summed E-state index contributed by atoms with van der Waals surface area (Å²) in [6, 6.07) is -0.334. The summed E-state index contributed by atoms with van der Waals surface area (Å²) in [7, 11) is 0. The number of nitrogens with zero attached hydrogens (tertiary/aromatic N) is 3. The average Bonchev–Trinajstić information content (AvgIpc) is 2.87. The summed E-state index contributed by atoms with van der Waals surface area (Å²) in [4.78, 5) is 11.2. The van der Waals surface area contributed by atoms with Gasteiger partial charge < -0.3 is 25.5 Å². The van der Waals surface area contributed by atoms with Gasteiger partial charge >= 0.3 is 0 Å². The monoisotopic (exact) mass is 397 g/mol. The van der Waals surface area contributed by atoms with Crippen LogP contribution in [0.3, 0.4) is 0 Å². The highest BCUT2D eigenvalue weighted by Crippen LogP contribution is 2.23. The lowest BCUT2D eigenvalue weighted by Crippen LogP contribution is -2.50. The van der Waals surface area contributed by atoms with Gasteiger partial charge in [-0.1, -0.05) is 12.2 Å². The summed E-state index contributed by atoms with van der Waals surface area (Å²) in [6.45, 7) is 11.3. The van der Waals surface area contributed by atoms with Gasteiger partial charge in [0.05, 0.1) is 24.0 Å². The number of morpholine rings is 1. The van der Waals surface area contributed by atoms with Crippen molar-refractivity contribution in [2.75, 3.05) is 13.1 Å². The minimum atomic E-state index is -0.334. The second kappa shape index (κ2) is 9.22. The van der Waals surface area contributed by atoms with Crippen LogP contribution < -0.4 is 5.73 Å². The number of allylic oxidation sites excluding steroid dienone is 4. The number of rotatable bonds is 5. The van der Waals surface area contributed by atoms with Crippen molar-refractivity contribution >= 4 is 17.9 Å². The smallest absolute Gasteiger partial charge is 0.116 e. The van der Waals surface area contributed by atoms with E-state index in [9.17, 15) is 0 Å². The number of hydrogen-bond donors (Lipinski definition) is 2. The van der Waals surface area contributed by atoms with Gasteiger partial charge in [0.1, 0.15) is 24.0 Å². The molecule has 29 heavy (non-hydrogen) atoms. The van der Waals surface area contributed by atoms with Crippen molar-refractivity contribution in [3.8, 4) is 0 Å². The third-order valence-electron chi connectivity index (χ3n) is 4.99. The van der Waals surface area contributed by atoms with Gasteiger partial charge in [0.2, 0.25) is 0 Å². The van der Waals surface area contributed by atoms with Crippen LogP contribution >= 0.6 is 0 Å². The van der Waals surface area contributed by atoms with Crippen molar-refractivity contribution in [2.45, 2.75) is 58.0 Å².